The molecule has 0 aromatic carbocycles. The van der Waals surface area contributed by atoms with Crippen molar-refractivity contribution >= 4 is 5.91 Å². The number of likely N-dealkylation sites (tertiary alicyclic amines) is 1. The molecule has 3 aliphatic rings. The van der Waals surface area contributed by atoms with Crippen LogP contribution in [-0.4, -0.2) is 61.6 Å². The highest BCUT2D eigenvalue weighted by molar-refractivity contribution is 5.76. The number of hydrogen-bond donors (Lipinski definition) is 0. The molecular weight excluding hydrogens is 276 g/mol. The van der Waals surface area contributed by atoms with Crippen molar-refractivity contribution < 1.29 is 9.53 Å². The molecule has 0 aromatic heterocycles. The van der Waals surface area contributed by atoms with Crippen molar-refractivity contribution in [3.8, 4) is 0 Å². The van der Waals surface area contributed by atoms with E-state index in [9.17, 15) is 4.79 Å². The molecule has 0 unspecified atom stereocenters. The van der Waals surface area contributed by atoms with Gasteiger partial charge in [0.15, 0.2) is 0 Å². The first-order valence-corrected chi connectivity index (χ1v) is 9.30. The molecule has 3 fully saturated rings. The van der Waals surface area contributed by atoms with E-state index in [-0.39, 0.29) is 0 Å². The second kappa shape index (κ2) is 7.78. The topological polar surface area (TPSA) is 32.8 Å². The van der Waals surface area contributed by atoms with Crippen LogP contribution in [0, 0.1) is 11.8 Å². The third kappa shape index (κ3) is 4.02. The Morgan fingerprint density at radius 1 is 1.14 bits per heavy atom. The highest BCUT2D eigenvalue weighted by Gasteiger charge is 2.36. The summed E-state index contributed by atoms with van der Waals surface area (Å²) >= 11 is 0. The predicted octanol–water partition coefficient (Wildman–Crippen LogP) is 2.53. The number of amides is 1. The highest BCUT2D eigenvalue weighted by Crippen LogP contribution is 2.29. The van der Waals surface area contributed by atoms with E-state index < -0.39 is 0 Å². The number of ether oxygens (including phenoxy) is 1. The lowest BCUT2D eigenvalue weighted by Gasteiger charge is -2.41. The van der Waals surface area contributed by atoms with Crippen molar-refractivity contribution in [2.75, 3.05) is 39.9 Å². The number of hydrogen-bond acceptors (Lipinski definition) is 3. The molecule has 0 N–H and O–H groups in total. The van der Waals surface area contributed by atoms with Crippen LogP contribution in [0.1, 0.15) is 51.4 Å². The zero-order valence-corrected chi connectivity index (χ0v) is 14.1. The van der Waals surface area contributed by atoms with Gasteiger partial charge in [0, 0.05) is 31.5 Å². The Kier molecular flexibility index (Phi) is 5.75. The number of piperidine rings is 1. The maximum Gasteiger partial charge on any atom is 0.222 e. The van der Waals surface area contributed by atoms with E-state index in [0.717, 1.165) is 51.4 Å². The number of carbonyl (C=O) groups is 1. The van der Waals surface area contributed by atoms with Gasteiger partial charge in [-0.1, -0.05) is 32.1 Å². The fourth-order valence-corrected chi connectivity index (χ4v) is 4.60. The monoisotopic (exact) mass is 308 g/mol. The van der Waals surface area contributed by atoms with Gasteiger partial charge in [-0.2, -0.15) is 0 Å². The van der Waals surface area contributed by atoms with E-state index in [1.54, 1.807) is 0 Å². The van der Waals surface area contributed by atoms with E-state index in [1.807, 2.05) is 0 Å². The summed E-state index contributed by atoms with van der Waals surface area (Å²) in [6.07, 6.45) is 9.78. The zero-order valence-electron chi connectivity index (χ0n) is 14.1. The Hall–Kier alpha value is -0.610. The summed E-state index contributed by atoms with van der Waals surface area (Å²) in [6, 6.07) is 0.414. The first kappa shape index (κ1) is 16.3. The molecule has 4 nitrogen and oxygen atoms in total. The van der Waals surface area contributed by atoms with Gasteiger partial charge < -0.3 is 14.5 Å². The lowest BCUT2D eigenvalue weighted by molar-refractivity contribution is -0.135. The van der Waals surface area contributed by atoms with Gasteiger partial charge in [-0.15, -0.1) is 0 Å². The molecule has 126 valence electrons. The zero-order chi connectivity index (χ0) is 15.4. The number of carbonyl (C=O) groups excluding carboxylic acids is 1. The van der Waals surface area contributed by atoms with E-state index >= 15 is 0 Å². The first-order valence-electron chi connectivity index (χ1n) is 9.30. The summed E-state index contributed by atoms with van der Waals surface area (Å²) in [5.74, 6) is 1.68. The Balaban J connectivity index is 1.55. The second-order valence-corrected chi connectivity index (χ2v) is 7.58. The molecule has 0 spiro atoms. The van der Waals surface area contributed by atoms with Crippen LogP contribution in [0.5, 0.6) is 0 Å². The van der Waals surface area contributed by atoms with Gasteiger partial charge in [0.2, 0.25) is 5.91 Å². The van der Waals surface area contributed by atoms with Crippen molar-refractivity contribution in [3.63, 3.8) is 0 Å². The quantitative estimate of drug-likeness (QED) is 0.803. The highest BCUT2D eigenvalue weighted by atomic mass is 16.5. The van der Waals surface area contributed by atoms with Crippen molar-refractivity contribution in [1.29, 1.82) is 0 Å². The smallest absolute Gasteiger partial charge is 0.222 e. The van der Waals surface area contributed by atoms with Crippen LogP contribution in [-0.2, 0) is 9.53 Å². The third-order valence-corrected chi connectivity index (χ3v) is 5.92. The number of fused-ring (bicyclic) bond motifs is 1. The van der Waals surface area contributed by atoms with Gasteiger partial charge in [-0.3, -0.25) is 4.79 Å². The minimum absolute atomic E-state index is 0.385. The molecule has 4 heteroatoms. The molecular formula is C18H32N2O2. The third-order valence-electron chi connectivity index (χ3n) is 5.92. The molecule has 0 bridgehead atoms. The molecule has 1 amide bonds. The van der Waals surface area contributed by atoms with Crippen molar-refractivity contribution in [3.05, 3.63) is 0 Å². The van der Waals surface area contributed by atoms with Gasteiger partial charge in [-0.05, 0) is 32.4 Å². The van der Waals surface area contributed by atoms with Gasteiger partial charge in [0.1, 0.15) is 0 Å². The minimum atomic E-state index is 0.385. The van der Waals surface area contributed by atoms with Crippen LogP contribution in [0.3, 0.4) is 0 Å². The van der Waals surface area contributed by atoms with Gasteiger partial charge >= 0.3 is 0 Å². The summed E-state index contributed by atoms with van der Waals surface area (Å²) in [4.78, 5) is 17.3. The number of rotatable bonds is 3. The largest absolute Gasteiger partial charge is 0.379 e. The summed E-state index contributed by atoms with van der Waals surface area (Å²) in [5, 5.41) is 0. The van der Waals surface area contributed by atoms with Crippen LogP contribution in [0.15, 0.2) is 0 Å². The van der Waals surface area contributed by atoms with Crippen molar-refractivity contribution in [2.24, 2.45) is 11.8 Å². The molecule has 3 rings (SSSR count). The van der Waals surface area contributed by atoms with E-state index in [1.165, 1.54) is 32.1 Å². The maximum absolute atomic E-state index is 12.8. The molecule has 2 aliphatic heterocycles. The molecule has 2 atom stereocenters. The minimum Gasteiger partial charge on any atom is -0.379 e. The Bertz CT molecular complexity index is 368. The Morgan fingerprint density at radius 2 is 1.95 bits per heavy atom. The molecule has 2 saturated heterocycles. The average molecular weight is 308 g/mol. The van der Waals surface area contributed by atoms with Crippen LogP contribution in [0.25, 0.3) is 0 Å². The van der Waals surface area contributed by atoms with Crippen LogP contribution in [0.4, 0.5) is 0 Å². The standard InChI is InChI=1S/C18H32N2O2/c1-19-10-9-17-16(13-19)14-22-12-11-20(17)18(21)8-7-15-5-3-2-4-6-15/h15-17H,2-14H2,1H3/t16-,17-/m1/s1. The summed E-state index contributed by atoms with van der Waals surface area (Å²) in [5.41, 5.74) is 0. The van der Waals surface area contributed by atoms with Gasteiger partial charge in [0.05, 0.1) is 13.2 Å². The predicted molar refractivity (Wildman–Crippen MR) is 87.7 cm³/mol. The second-order valence-electron chi connectivity index (χ2n) is 7.58. The van der Waals surface area contributed by atoms with E-state index in [4.69, 9.17) is 4.74 Å². The fraction of sp³-hybridized carbons (Fsp3) is 0.944. The SMILES string of the molecule is CN1CC[C@@H]2[C@@H](COCCN2C(=O)CCC2CCCCC2)C1. The summed E-state index contributed by atoms with van der Waals surface area (Å²) < 4.78 is 5.77. The maximum atomic E-state index is 12.8. The molecule has 0 radical (unpaired) electrons. The molecule has 1 aliphatic carbocycles. The van der Waals surface area contributed by atoms with Crippen molar-refractivity contribution in [1.82, 2.24) is 9.80 Å². The van der Waals surface area contributed by atoms with Crippen molar-refractivity contribution in [2.45, 2.75) is 57.4 Å². The van der Waals surface area contributed by atoms with E-state index in [2.05, 4.69) is 16.8 Å². The molecule has 2 heterocycles. The number of nitrogens with zero attached hydrogens (tertiary/aromatic N) is 2. The van der Waals surface area contributed by atoms with Crippen LogP contribution >= 0.6 is 0 Å². The summed E-state index contributed by atoms with van der Waals surface area (Å²) in [7, 11) is 2.18. The van der Waals surface area contributed by atoms with E-state index in [0.29, 0.717) is 24.5 Å². The summed E-state index contributed by atoms with van der Waals surface area (Å²) in [6.45, 7) is 4.51. The molecule has 22 heavy (non-hydrogen) atoms. The molecule has 1 saturated carbocycles. The average Bonchev–Trinajstić information content (AvgIpc) is 2.75. The fourth-order valence-electron chi connectivity index (χ4n) is 4.60. The van der Waals surface area contributed by atoms with Gasteiger partial charge in [0.25, 0.3) is 0 Å². The van der Waals surface area contributed by atoms with Gasteiger partial charge in [-0.25, -0.2) is 0 Å². The van der Waals surface area contributed by atoms with Crippen LogP contribution < -0.4 is 0 Å². The lowest BCUT2D eigenvalue weighted by atomic mass is 9.85. The molecule has 0 aromatic rings. The normalized spacial score (nSPS) is 31.6. The first-order chi connectivity index (χ1) is 10.7. The Morgan fingerprint density at radius 3 is 2.77 bits per heavy atom. The Labute approximate surface area is 135 Å². The van der Waals surface area contributed by atoms with Crippen LogP contribution in [0.2, 0.25) is 0 Å². The lowest BCUT2D eigenvalue weighted by Crippen LogP contribution is -2.52.